The molecule has 7 nitrogen and oxygen atoms in total. The van der Waals surface area contributed by atoms with Crippen LogP contribution in [0.3, 0.4) is 0 Å². The number of nitrogens with one attached hydrogen (secondary N) is 1. The topological polar surface area (TPSA) is 100 Å². The first kappa shape index (κ1) is 18.5. The SMILES string of the molecule is O=C(O)CCc1n[nH]c(=S)n(/N=C\c2ccc(C(F)(F)F)cc2)c1=O. The zero-order chi connectivity index (χ0) is 18.6. The molecule has 0 fully saturated rings. The molecular formula is C14H11F3N4O3S. The van der Waals surface area contributed by atoms with E-state index in [0.717, 1.165) is 23.0 Å². The van der Waals surface area contributed by atoms with Gasteiger partial charge in [-0.2, -0.15) is 28.0 Å². The van der Waals surface area contributed by atoms with Crippen LogP contribution < -0.4 is 5.56 Å². The smallest absolute Gasteiger partial charge is 0.416 e. The van der Waals surface area contributed by atoms with Gasteiger partial charge in [0.1, 0.15) is 5.69 Å². The van der Waals surface area contributed by atoms with E-state index in [0.29, 0.717) is 5.56 Å². The van der Waals surface area contributed by atoms with E-state index in [9.17, 15) is 22.8 Å². The molecule has 0 bridgehead atoms. The molecular weight excluding hydrogens is 361 g/mol. The Morgan fingerprint density at radius 3 is 2.56 bits per heavy atom. The van der Waals surface area contributed by atoms with Gasteiger partial charge in [0.05, 0.1) is 18.2 Å². The Morgan fingerprint density at radius 2 is 2.00 bits per heavy atom. The summed E-state index contributed by atoms with van der Waals surface area (Å²) < 4.78 is 38.2. The van der Waals surface area contributed by atoms with Gasteiger partial charge >= 0.3 is 12.1 Å². The largest absolute Gasteiger partial charge is 0.481 e. The van der Waals surface area contributed by atoms with Crippen LogP contribution in [0, 0.1) is 4.77 Å². The van der Waals surface area contributed by atoms with E-state index in [2.05, 4.69) is 15.3 Å². The van der Waals surface area contributed by atoms with Crippen LogP contribution in [0.2, 0.25) is 0 Å². The predicted octanol–water partition coefficient (Wildman–Crippen LogP) is 2.22. The molecule has 2 rings (SSSR count). The van der Waals surface area contributed by atoms with Crippen molar-refractivity contribution in [2.24, 2.45) is 5.10 Å². The molecule has 1 aromatic carbocycles. The third kappa shape index (κ3) is 4.83. The van der Waals surface area contributed by atoms with E-state index in [1.54, 1.807) is 0 Å². The maximum Gasteiger partial charge on any atom is 0.416 e. The average molecular weight is 372 g/mol. The summed E-state index contributed by atoms with van der Waals surface area (Å²) in [6.45, 7) is 0. The standard InChI is InChI=1S/C14H11F3N4O3S/c15-14(16,17)9-3-1-8(2-4-9)7-18-21-12(24)10(5-6-11(22)23)19-20-13(21)25/h1-4,7H,5-6H2,(H,20,25)(H,22,23)/b18-7-. The number of carbonyl (C=O) groups is 1. The van der Waals surface area contributed by atoms with Gasteiger partial charge in [-0.25, -0.2) is 0 Å². The summed E-state index contributed by atoms with van der Waals surface area (Å²) in [6, 6.07) is 4.15. The number of alkyl halides is 3. The van der Waals surface area contributed by atoms with Crippen LogP contribution in [0.4, 0.5) is 13.2 Å². The average Bonchev–Trinajstić information content (AvgIpc) is 2.53. The molecule has 0 amide bonds. The van der Waals surface area contributed by atoms with Gasteiger partial charge in [0.15, 0.2) is 0 Å². The summed E-state index contributed by atoms with van der Waals surface area (Å²) in [4.78, 5) is 22.7. The van der Waals surface area contributed by atoms with Gasteiger partial charge in [-0.15, -0.1) is 0 Å². The minimum atomic E-state index is -4.44. The maximum absolute atomic E-state index is 12.5. The van der Waals surface area contributed by atoms with Crippen molar-refractivity contribution in [1.29, 1.82) is 0 Å². The van der Waals surface area contributed by atoms with E-state index in [4.69, 9.17) is 17.3 Å². The molecule has 2 aromatic rings. The lowest BCUT2D eigenvalue weighted by molar-refractivity contribution is -0.138. The van der Waals surface area contributed by atoms with Crippen molar-refractivity contribution in [1.82, 2.24) is 14.9 Å². The van der Waals surface area contributed by atoms with Gasteiger partial charge in [-0.05, 0) is 29.9 Å². The van der Waals surface area contributed by atoms with Crippen molar-refractivity contribution in [2.45, 2.75) is 19.0 Å². The monoisotopic (exact) mass is 372 g/mol. The molecule has 0 spiro atoms. The predicted molar refractivity (Wildman–Crippen MR) is 84.1 cm³/mol. The molecule has 1 aromatic heterocycles. The number of aryl methyl sites for hydroxylation is 1. The highest BCUT2D eigenvalue weighted by atomic mass is 32.1. The second-order valence-corrected chi connectivity index (χ2v) is 5.24. The molecule has 25 heavy (non-hydrogen) atoms. The van der Waals surface area contributed by atoms with Crippen LogP contribution >= 0.6 is 12.2 Å². The molecule has 0 aliphatic heterocycles. The number of aliphatic carboxylic acids is 1. The number of H-pyrrole nitrogens is 1. The minimum Gasteiger partial charge on any atom is -0.481 e. The summed E-state index contributed by atoms with van der Waals surface area (Å²) in [6.07, 6.45) is -3.70. The summed E-state index contributed by atoms with van der Waals surface area (Å²) in [7, 11) is 0. The summed E-state index contributed by atoms with van der Waals surface area (Å²) in [5.41, 5.74) is -1.26. The summed E-state index contributed by atoms with van der Waals surface area (Å²) >= 11 is 4.89. The van der Waals surface area contributed by atoms with Crippen molar-refractivity contribution < 1.29 is 23.1 Å². The Balaban J connectivity index is 2.28. The van der Waals surface area contributed by atoms with E-state index in [-0.39, 0.29) is 23.3 Å². The third-order valence-electron chi connectivity index (χ3n) is 3.05. The lowest BCUT2D eigenvalue weighted by Crippen LogP contribution is -2.25. The number of hydrogen-bond donors (Lipinski definition) is 2. The van der Waals surface area contributed by atoms with E-state index < -0.39 is 23.3 Å². The van der Waals surface area contributed by atoms with Gasteiger partial charge in [-0.1, -0.05) is 12.1 Å². The van der Waals surface area contributed by atoms with Gasteiger partial charge in [0.25, 0.3) is 5.56 Å². The fourth-order valence-corrected chi connectivity index (χ4v) is 1.98. The fourth-order valence-electron chi connectivity index (χ4n) is 1.80. The number of aromatic amines is 1. The first-order valence-corrected chi connectivity index (χ1v) is 7.23. The van der Waals surface area contributed by atoms with E-state index in [1.807, 2.05) is 0 Å². The molecule has 1 heterocycles. The van der Waals surface area contributed by atoms with E-state index >= 15 is 0 Å². The second-order valence-electron chi connectivity index (χ2n) is 4.85. The molecule has 0 unspecified atom stereocenters. The van der Waals surface area contributed by atoms with Crippen molar-refractivity contribution in [2.75, 3.05) is 0 Å². The highest BCUT2D eigenvalue weighted by Crippen LogP contribution is 2.28. The van der Waals surface area contributed by atoms with Crippen molar-refractivity contribution >= 4 is 24.4 Å². The molecule has 0 radical (unpaired) electrons. The summed E-state index contributed by atoms with van der Waals surface area (Å²) in [5, 5.41) is 18.5. The van der Waals surface area contributed by atoms with Crippen molar-refractivity contribution in [3.63, 3.8) is 0 Å². The second kappa shape index (κ2) is 7.38. The number of halogens is 3. The molecule has 0 atom stereocenters. The van der Waals surface area contributed by atoms with Crippen LogP contribution in [-0.4, -0.2) is 32.2 Å². The number of benzene rings is 1. The highest BCUT2D eigenvalue weighted by molar-refractivity contribution is 7.71. The van der Waals surface area contributed by atoms with Crippen molar-refractivity contribution in [3.8, 4) is 0 Å². The van der Waals surface area contributed by atoms with Crippen LogP contribution in [-0.2, 0) is 17.4 Å². The van der Waals surface area contributed by atoms with Gasteiger partial charge in [0, 0.05) is 6.42 Å². The van der Waals surface area contributed by atoms with Gasteiger partial charge in [-0.3, -0.25) is 14.7 Å². The number of hydrogen-bond acceptors (Lipinski definition) is 5. The molecule has 132 valence electrons. The summed E-state index contributed by atoms with van der Waals surface area (Å²) in [5.74, 6) is -1.09. The highest BCUT2D eigenvalue weighted by Gasteiger charge is 2.29. The molecule has 11 heteroatoms. The zero-order valence-electron chi connectivity index (χ0n) is 12.4. The van der Waals surface area contributed by atoms with Gasteiger partial charge < -0.3 is 5.11 Å². The number of rotatable bonds is 5. The number of nitrogens with zero attached hydrogens (tertiary/aromatic N) is 3. The Kier molecular flexibility index (Phi) is 5.47. The Hall–Kier alpha value is -2.82. The van der Waals surface area contributed by atoms with Gasteiger partial charge in [0.2, 0.25) is 4.77 Å². The van der Waals surface area contributed by atoms with Crippen LogP contribution in [0.25, 0.3) is 0 Å². The Labute approximate surface area is 143 Å². The molecule has 0 aliphatic rings. The van der Waals surface area contributed by atoms with Crippen LogP contribution in [0.5, 0.6) is 0 Å². The fraction of sp³-hybridized carbons (Fsp3) is 0.214. The van der Waals surface area contributed by atoms with Crippen molar-refractivity contribution in [3.05, 3.63) is 56.2 Å². The molecule has 0 aliphatic carbocycles. The first-order valence-electron chi connectivity index (χ1n) is 6.82. The Bertz CT molecular complexity index is 917. The maximum atomic E-state index is 12.5. The van der Waals surface area contributed by atoms with Crippen LogP contribution in [0.15, 0.2) is 34.2 Å². The minimum absolute atomic E-state index is 0.0689. The van der Waals surface area contributed by atoms with E-state index in [1.165, 1.54) is 12.1 Å². The first-order chi connectivity index (χ1) is 11.7. The van der Waals surface area contributed by atoms with Crippen LogP contribution in [0.1, 0.15) is 23.2 Å². The lowest BCUT2D eigenvalue weighted by Gasteiger charge is -2.06. The molecule has 2 N–H and O–H groups in total. The number of carboxylic acid groups (broad SMARTS) is 1. The molecule has 0 saturated heterocycles. The Morgan fingerprint density at radius 1 is 1.36 bits per heavy atom. The quantitative estimate of drug-likeness (QED) is 0.619. The lowest BCUT2D eigenvalue weighted by atomic mass is 10.1. The molecule has 0 saturated carbocycles. The number of carboxylic acids is 1. The number of aromatic nitrogens is 3. The normalized spacial score (nSPS) is 11.8. The zero-order valence-corrected chi connectivity index (χ0v) is 13.3. The third-order valence-corrected chi connectivity index (χ3v) is 3.32.